The molecule has 0 aromatic carbocycles. The number of fused-ring (bicyclic) bond motifs is 3. The molecule has 0 spiro atoms. The van der Waals surface area contributed by atoms with Gasteiger partial charge in [0.1, 0.15) is 16.9 Å². The van der Waals surface area contributed by atoms with Crippen molar-refractivity contribution in [3.63, 3.8) is 0 Å². The quantitative estimate of drug-likeness (QED) is 0.687. The number of aromatic nitrogens is 4. The van der Waals surface area contributed by atoms with Crippen LogP contribution in [-0.4, -0.2) is 63.5 Å². The van der Waals surface area contributed by atoms with Gasteiger partial charge >= 0.3 is 0 Å². The molecule has 2 bridgehead atoms. The van der Waals surface area contributed by atoms with Crippen LogP contribution in [0.4, 0.5) is 21.8 Å². The number of hydrogen-bond acceptors (Lipinski definition) is 8. The van der Waals surface area contributed by atoms with Gasteiger partial charge in [0.05, 0.1) is 31.1 Å². The minimum Gasteiger partial charge on any atom is -0.475 e. The number of nitrogens with one attached hydrogen (secondary N) is 2. The molecule has 3 unspecified atom stereocenters. The first-order chi connectivity index (χ1) is 14.1. The lowest BCUT2D eigenvalue weighted by molar-refractivity contribution is -0.000996. The van der Waals surface area contributed by atoms with Crippen LogP contribution in [0.2, 0.25) is 5.02 Å². The molecule has 2 aromatic rings. The first-order valence-electron chi connectivity index (χ1n) is 9.67. The predicted octanol–water partition coefficient (Wildman–Crippen LogP) is 2.62. The number of halogens is 2. The lowest BCUT2D eigenvalue weighted by Crippen LogP contribution is -2.32. The molecule has 4 heterocycles. The van der Waals surface area contributed by atoms with Crippen LogP contribution in [0.3, 0.4) is 0 Å². The van der Waals surface area contributed by atoms with Gasteiger partial charge in [-0.15, -0.1) is 5.10 Å². The SMILES string of the molecule is Cc1c2c(nn1C1CCOCC1F)OCCC(CCO)Nc1nc(ncc1Cl)N2. The lowest BCUT2D eigenvalue weighted by atomic mass is 10.1. The molecule has 1 fully saturated rings. The number of ether oxygens (including phenoxy) is 2. The molecule has 9 nitrogen and oxygen atoms in total. The van der Waals surface area contributed by atoms with Crippen molar-refractivity contribution >= 4 is 29.1 Å². The topological polar surface area (TPSA) is 106 Å². The van der Waals surface area contributed by atoms with Crippen LogP contribution in [0.15, 0.2) is 6.20 Å². The standard InChI is InChI=1S/C18H24ClFN6O3/c1-10-15-17(25-26(10)14-4-6-28-9-13(14)20)29-7-3-11(2-5-27)22-16-12(19)8-21-18(23-15)24-16/h8,11,13-14,27H,2-7,9H2,1H3,(H2,21,22,23,24). The molecule has 1 saturated heterocycles. The molecule has 0 radical (unpaired) electrons. The highest BCUT2D eigenvalue weighted by Crippen LogP contribution is 2.36. The molecule has 2 aliphatic heterocycles. The fraction of sp³-hybridized carbons (Fsp3) is 0.611. The molecule has 0 aliphatic carbocycles. The van der Waals surface area contributed by atoms with Crippen molar-refractivity contribution in [3.05, 3.63) is 16.9 Å². The van der Waals surface area contributed by atoms with Crippen LogP contribution < -0.4 is 15.4 Å². The van der Waals surface area contributed by atoms with Gasteiger partial charge < -0.3 is 25.2 Å². The number of hydrogen-bond donors (Lipinski definition) is 3. The number of aliphatic hydroxyl groups is 1. The van der Waals surface area contributed by atoms with Gasteiger partial charge in [-0.3, -0.25) is 4.68 Å². The minimum absolute atomic E-state index is 0.0199. The highest BCUT2D eigenvalue weighted by atomic mass is 35.5. The minimum atomic E-state index is -1.14. The van der Waals surface area contributed by atoms with Gasteiger partial charge in [-0.05, 0) is 19.8 Å². The van der Waals surface area contributed by atoms with E-state index in [1.807, 2.05) is 6.92 Å². The van der Waals surface area contributed by atoms with E-state index in [1.54, 1.807) is 4.68 Å². The molecule has 2 aliphatic rings. The second kappa shape index (κ2) is 8.68. The Kier molecular flexibility index (Phi) is 6.02. The molecule has 29 heavy (non-hydrogen) atoms. The summed E-state index contributed by atoms with van der Waals surface area (Å²) >= 11 is 6.23. The highest BCUT2D eigenvalue weighted by molar-refractivity contribution is 6.32. The van der Waals surface area contributed by atoms with E-state index in [-0.39, 0.29) is 19.3 Å². The Hall–Kier alpha value is -2.17. The monoisotopic (exact) mass is 426 g/mol. The van der Waals surface area contributed by atoms with Crippen molar-refractivity contribution in [2.45, 2.75) is 44.4 Å². The predicted molar refractivity (Wildman–Crippen MR) is 106 cm³/mol. The molecule has 0 saturated carbocycles. The summed E-state index contributed by atoms with van der Waals surface area (Å²) in [5.74, 6) is 1.16. The zero-order chi connectivity index (χ0) is 20.4. The number of anilines is 3. The summed E-state index contributed by atoms with van der Waals surface area (Å²) in [5.41, 5.74) is 1.33. The first-order valence-corrected chi connectivity index (χ1v) is 10.0. The molecule has 2 aromatic heterocycles. The molecule has 3 atom stereocenters. The molecular weight excluding hydrogens is 403 g/mol. The summed E-state index contributed by atoms with van der Waals surface area (Å²) < 4.78 is 27.3. The van der Waals surface area contributed by atoms with E-state index in [1.165, 1.54) is 6.20 Å². The van der Waals surface area contributed by atoms with Gasteiger partial charge in [0, 0.05) is 25.7 Å². The van der Waals surface area contributed by atoms with Crippen LogP contribution in [0, 0.1) is 6.92 Å². The van der Waals surface area contributed by atoms with Gasteiger partial charge in [0.15, 0.2) is 5.82 Å². The average molecular weight is 427 g/mol. The van der Waals surface area contributed by atoms with Crippen LogP contribution in [0.25, 0.3) is 0 Å². The largest absolute Gasteiger partial charge is 0.475 e. The van der Waals surface area contributed by atoms with Crippen LogP contribution in [-0.2, 0) is 4.74 Å². The summed E-state index contributed by atoms with van der Waals surface area (Å²) in [7, 11) is 0. The van der Waals surface area contributed by atoms with Crippen molar-refractivity contribution in [1.82, 2.24) is 19.7 Å². The smallest absolute Gasteiger partial charge is 0.257 e. The second-order valence-electron chi connectivity index (χ2n) is 7.16. The Morgan fingerprint density at radius 3 is 3.03 bits per heavy atom. The maximum atomic E-state index is 14.5. The zero-order valence-corrected chi connectivity index (χ0v) is 16.8. The normalized spacial score (nSPS) is 24.5. The van der Waals surface area contributed by atoms with E-state index in [0.717, 1.165) is 5.69 Å². The molecule has 158 valence electrons. The number of aliphatic hydroxyl groups excluding tert-OH is 1. The maximum absolute atomic E-state index is 14.5. The summed E-state index contributed by atoms with van der Waals surface area (Å²) in [6.45, 7) is 2.78. The van der Waals surface area contributed by atoms with E-state index in [0.29, 0.717) is 60.8 Å². The van der Waals surface area contributed by atoms with Gasteiger partial charge in [0.2, 0.25) is 5.95 Å². The maximum Gasteiger partial charge on any atom is 0.257 e. The van der Waals surface area contributed by atoms with Crippen molar-refractivity contribution in [2.24, 2.45) is 0 Å². The van der Waals surface area contributed by atoms with Gasteiger partial charge in [-0.2, -0.15) is 4.98 Å². The fourth-order valence-electron chi connectivity index (χ4n) is 3.60. The Morgan fingerprint density at radius 1 is 1.38 bits per heavy atom. The fourth-order valence-corrected chi connectivity index (χ4v) is 3.75. The zero-order valence-electron chi connectivity index (χ0n) is 16.1. The van der Waals surface area contributed by atoms with Gasteiger partial charge in [-0.25, -0.2) is 9.37 Å². The molecule has 4 rings (SSSR count). The molecule has 0 amide bonds. The average Bonchev–Trinajstić information content (AvgIpc) is 2.99. The number of nitrogens with zero attached hydrogens (tertiary/aromatic N) is 4. The Morgan fingerprint density at radius 2 is 2.24 bits per heavy atom. The van der Waals surface area contributed by atoms with E-state index in [2.05, 4.69) is 25.7 Å². The number of rotatable bonds is 3. The third-order valence-corrected chi connectivity index (χ3v) is 5.47. The van der Waals surface area contributed by atoms with Crippen molar-refractivity contribution < 1.29 is 19.0 Å². The van der Waals surface area contributed by atoms with Gasteiger partial charge in [0.25, 0.3) is 5.88 Å². The highest BCUT2D eigenvalue weighted by Gasteiger charge is 2.31. The summed E-state index contributed by atoms with van der Waals surface area (Å²) in [5, 5.41) is 20.7. The third-order valence-electron chi connectivity index (χ3n) is 5.19. The van der Waals surface area contributed by atoms with Crippen LogP contribution in [0.5, 0.6) is 5.88 Å². The molecule has 3 N–H and O–H groups in total. The first kappa shape index (κ1) is 20.1. The molecule has 11 heteroatoms. The van der Waals surface area contributed by atoms with Crippen molar-refractivity contribution in [1.29, 1.82) is 0 Å². The Balaban J connectivity index is 1.71. The van der Waals surface area contributed by atoms with Crippen LogP contribution >= 0.6 is 11.6 Å². The Labute approximate surface area is 172 Å². The summed E-state index contributed by atoms with van der Waals surface area (Å²) in [4.78, 5) is 8.68. The van der Waals surface area contributed by atoms with Crippen molar-refractivity contribution in [3.8, 4) is 5.88 Å². The van der Waals surface area contributed by atoms with E-state index in [9.17, 15) is 9.50 Å². The number of alkyl halides is 1. The second-order valence-corrected chi connectivity index (χ2v) is 7.57. The third kappa shape index (κ3) is 4.24. The summed E-state index contributed by atoms with van der Waals surface area (Å²) in [6.07, 6.45) is 2.01. The van der Waals surface area contributed by atoms with Crippen molar-refractivity contribution in [2.75, 3.05) is 37.1 Å². The summed E-state index contributed by atoms with van der Waals surface area (Å²) in [6, 6.07) is -0.504. The molecular formula is C18H24ClFN6O3. The lowest BCUT2D eigenvalue weighted by Gasteiger charge is -2.27. The van der Waals surface area contributed by atoms with Crippen LogP contribution in [0.1, 0.15) is 31.0 Å². The van der Waals surface area contributed by atoms with Gasteiger partial charge in [-0.1, -0.05) is 11.6 Å². The Bertz CT molecular complexity index is 866. The van der Waals surface area contributed by atoms with E-state index in [4.69, 9.17) is 21.1 Å². The van der Waals surface area contributed by atoms with E-state index >= 15 is 0 Å². The van der Waals surface area contributed by atoms with E-state index < -0.39 is 12.2 Å².